The lowest BCUT2D eigenvalue weighted by Gasteiger charge is -2.48. The van der Waals surface area contributed by atoms with E-state index < -0.39 is 15.4 Å². The van der Waals surface area contributed by atoms with Crippen LogP contribution in [-0.2, 0) is 14.8 Å². The normalized spacial score (nSPS) is 23.7. The molecule has 0 saturated carbocycles. The molecule has 0 amide bonds. The van der Waals surface area contributed by atoms with Crippen molar-refractivity contribution in [1.82, 2.24) is 9.62 Å². The van der Waals surface area contributed by atoms with Gasteiger partial charge in [0.15, 0.2) is 11.6 Å². The standard InChI is InChI=1S/C25H32N4O4S/c1-15-16(2)21(7-6-20(15)33-5)34(31,32)29-10-8-25(9-11-29)17-14-26-28-23(17)27-18-12-24(3,4)13-19(30)22(18)25/h6-7,27H,8-14H2,1-5H3. The summed E-state index contributed by atoms with van der Waals surface area (Å²) < 4.78 is 34.2. The summed E-state index contributed by atoms with van der Waals surface area (Å²) in [5.41, 5.74) is 3.73. The summed E-state index contributed by atoms with van der Waals surface area (Å²) in [5.74, 6) is 1.59. The molecule has 1 aromatic carbocycles. The van der Waals surface area contributed by atoms with E-state index in [1.807, 2.05) is 13.8 Å². The zero-order chi connectivity index (χ0) is 24.5. The number of allylic oxidation sites excluding steroid dienone is 2. The van der Waals surface area contributed by atoms with Crippen LogP contribution in [0.15, 0.2) is 49.9 Å². The molecule has 1 fully saturated rings. The van der Waals surface area contributed by atoms with Crippen molar-refractivity contribution in [3.63, 3.8) is 0 Å². The summed E-state index contributed by atoms with van der Waals surface area (Å²) in [6, 6.07) is 3.35. The Hall–Kier alpha value is -2.52. The van der Waals surface area contributed by atoms with Gasteiger partial charge < -0.3 is 10.1 Å². The van der Waals surface area contributed by atoms with Crippen molar-refractivity contribution in [2.45, 2.75) is 58.3 Å². The van der Waals surface area contributed by atoms with Crippen LogP contribution in [0.3, 0.4) is 0 Å². The molecular formula is C25H32N4O4S. The van der Waals surface area contributed by atoms with E-state index in [-0.39, 0.29) is 11.2 Å². The van der Waals surface area contributed by atoms with Gasteiger partial charge in [-0.1, -0.05) is 13.8 Å². The van der Waals surface area contributed by atoms with Gasteiger partial charge in [0, 0.05) is 41.8 Å². The minimum Gasteiger partial charge on any atom is -0.496 e. The van der Waals surface area contributed by atoms with Crippen molar-refractivity contribution in [2.75, 3.05) is 26.7 Å². The van der Waals surface area contributed by atoms with Crippen LogP contribution >= 0.6 is 0 Å². The molecule has 0 unspecified atom stereocenters. The van der Waals surface area contributed by atoms with Gasteiger partial charge in [-0.2, -0.15) is 9.42 Å². The number of benzene rings is 1. The molecule has 3 aliphatic heterocycles. The Bertz CT molecular complexity index is 1280. The minimum atomic E-state index is -3.68. The van der Waals surface area contributed by atoms with Crippen LogP contribution in [0.1, 0.15) is 50.7 Å². The average Bonchev–Trinajstić information content (AvgIpc) is 3.24. The Labute approximate surface area is 201 Å². The Morgan fingerprint density at radius 1 is 1.09 bits per heavy atom. The fraction of sp³-hybridized carbons (Fsp3) is 0.560. The van der Waals surface area contributed by atoms with Crippen molar-refractivity contribution in [1.29, 1.82) is 0 Å². The molecule has 34 heavy (non-hydrogen) atoms. The first-order chi connectivity index (χ1) is 16.0. The number of piperidine rings is 1. The van der Waals surface area contributed by atoms with Crippen LogP contribution in [0.2, 0.25) is 0 Å². The van der Waals surface area contributed by atoms with Crippen LogP contribution < -0.4 is 10.1 Å². The minimum absolute atomic E-state index is 0.119. The topological polar surface area (TPSA) is 100 Å². The van der Waals surface area contributed by atoms with Gasteiger partial charge in [0.2, 0.25) is 10.0 Å². The zero-order valence-electron chi connectivity index (χ0n) is 20.5. The number of nitrogens with one attached hydrogen (secondary N) is 1. The number of methoxy groups -OCH3 is 1. The van der Waals surface area contributed by atoms with Gasteiger partial charge in [-0.15, -0.1) is 5.11 Å². The second-order valence-electron chi connectivity index (χ2n) is 10.6. The molecule has 182 valence electrons. The summed E-state index contributed by atoms with van der Waals surface area (Å²) in [6.07, 6.45) is 2.38. The van der Waals surface area contributed by atoms with Gasteiger partial charge >= 0.3 is 0 Å². The van der Waals surface area contributed by atoms with Crippen molar-refractivity contribution in [3.8, 4) is 5.75 Å². The molecule has 8 nitrogen and oxygen atoms in total. The zero-order valence-corrected chi connectivity index (χ0v) is 21.3. The Kier molecular flexibility index (Phi) is 5.29. The van der Waals surface area contributed by atoms with Crippen LogP contribution in [0.5, 0.6) is 5.75 Å². The maximum Gasteiger partial charge on any atom is 0.243 e. The van der Waals surface area contributed by atoms with E-state index in [0.29, 0.717) is 55.1 Å². The number of azo groups is 1. The first kappa shape index (κ1) is 23.2. The van der Waals surface area contributed by atoms with Gasteiger partial charge in [-0.25, -0.2) is 8.42 Å². The second kappa shape index (κ2) is 7.75. The van der Waals surface area contributed by atoms with Gasteiger partial charge in [-0.05, 0) is 61.8 Å². The third-order valence-electron chi connectivity index (χ3n) is 7.99. The molecule has 1 aliphatic carbocycles. The summed E-state index contributed by atoms with van der Waals surface area (Å²) in [7, 11) is -2.10. The molecule has 1 saturated heterocycles. The number of nitrogens with zero attached hydrogens (tertiary/aromatic N) is 3. The van der Waals surface area contributed by atoms with E-state index in [0.717, 1.165) is 34.6 Å². The van der Waals surface area contributed by atoms with E-state index in [1.165, 1.54) is 0 Å². The highest BCUT2D eigenvalue weighted by Crippen LogP contribution is 2.55. The number of carbonyl (C=O) groups is 1. The SMILES string of the molecule is COc1ccc(S(=O)(=O)N2CCC3(CC2)C2=C(N=NC2)NC2=C3C(=O)CC(C)(C)C2)c(C)c1C. The molecule has 0 atom stereocenters. The van der Waals surface area contributed by atoms with Crippen molar-refractivity contribution < 1.29 is 17.9 Å². The summed E-state index contributed by atoms with van der Waals surface area (Å²) in [6.45, 7) is 9.06. The average molecular weight is 485 g/mol. The summed E-state index contributed by atoms with van der Waals surface area (Å²) in [5, 5.41) is 12.0. The quantitative estimate of drug-likeness (QED) is 0.699. The highest BCUT2D eigenvalue weighted by Gasteiger charge is 2.53. The number of hydrogen-bond acceptors (Lipinski definition) is 7. The third kappa shape index (κ3) is 3.35. The maximum absolute atomic E-state index is 13.6. The van der Waals surface area contributed by atoms with Crippen molar-refractivity contribution >= 4 is 15.8 Å². The first-order valence-electron chi connectivity index (χ1n) is 11.8. The number of Topliss-reactive ketones (excluding diaryl/α,β-unsaturated/α-hetero) is 1. The predicted octanol–water partition coefficient (Wildman–Crippen LogP) is 4.01. The Morgan fingerprint density at radius 3 is 2.47 bits per heavy atom. The third-order valence-corrected chi connectivity index (χ3v) is 10.0. The van der Waals surface area contributed by atoms with E-state index >= 15 is 0 Å². The van der Waals surface area contributed by atoms with E-state index in [1.54, 1.807) is 23.5 Å². The van der Waals surface area contributed by atoms with Crippen LogP contribution in [-0.4, -0.2) is 45.3 Å². The summed E-state index contributed by atoms with van der Waals surface area (Å²) in [4.78, 5) is 13.7. The van der Waals surface area contributed by atoms with Crippen molar-refractivity contribution in [3.05, 3.63) is 45.9 Å². The second-order valence-corrected chi connectivity index (χ2v) is 12.6. The predicted molar refractivity (Wildman–Crippen MR) is 128 cm³/mol. The van der Waals surface area contributed by atoms with E-state index in [2.05, 4.69) is 29.4 Å². The molecule has 1 N–H and O–H groups in total. The molecular weight excluding hydrogens is 452 g/mol. The lowest BCUT2D eigenvalue weighted by Crippen LogP contribution is -2.50. The molecule has 5 rings (SSSR count). The van der Waals surface area contributed by atoms with Crippen LogP contribution in [0, 0.1) is 24.7 Å². The maximum atomic E-state index is 13.6. The lowest BCUT2D eigenvalue weighted by atomic mass is 9.60. The van der Waals surface area contributed by atoms with Crippen LogP contribution in [0.4, 0.5) is 0 Å². The number of ether oxygens (including phenoxy) is 1. The number of fused-ring (bicyclic) bond motifs is 2. The van der Waals surface area contributed by atoms with E-state index in [4.69, 9.17) is 4.74 Å². The van der Waals surface area contributed by atoms with Gasteiger partial charge in [-0.3, -0.25) is 4.79 Å². The van der Waals surface area contributed by atoms with E-state index in [9.17, 15) is 13.2 Å². The lowest BCUT2D eigenvalue weighted by molar-refractivity contribution is -0.119. The monoisotopic (exact) mass is 484 g/mol. The molecule has 3 heterocycles. The molecule has 4 aliphatic rings. The Balaban J connectivity index is 1.49. The van der Waals surface area contributed by atoms with Gasteiger partial charge in [0.1, 0.15) is 5.75 Å². The molecule has 0 aromatic heterocycles. The van der Waals surface area contributed by atoms with Crippen LogP contribution in [0.25, 0.3) is 0 Å². The molecule has 0 radical (unpaired) electrons. The molecule has 0 bridgehead atoms. The fourth-order valence-electron chi connectivity index (χ4n) is 6.14. The molecule has 1 aromatic rings. The fourth-order valence-corrected chi connectivity index (χ4v) is 7.86. The van der Waals surface area contributed by atoms with Crippen molar-refractivity contribution in [2.24, 2.45) is 21.1 Å². The van der Waals surface area contributed by atoms with Gasteiger partial charge in [0.25, 0.3) is 0 Å². The number of ketones is 1. The molecule has 9 heteroatoms. The number of carbonyl (C=O) groups excluding carboxylic acids is 1. The number of rotatable bonds is 3. The Morgan fingerprint density at radius 2 is 1.79 bits per heavy atom. The van der Waals surface area contributed by atoms with Gasteiger partial charge in [0.05, 0.1) is 18.6 Å². The molecule has 1 spiro atoms. The largest absolute Gasteiger partial charge is 0.496 e. The highest BCUT2D eigenvalue weighted by molar-refractivity contribution is 7.89. The smallest absolute Gasteiger partial charge is 0.243 e. The number of sulfonamides is 1. The first-order valence-corrected chi connectivity index (χ1v) is 13.2. The highest BCUT2D eigenvalue weighted by atomic mass is 32.2. The number of hydrogen-bond donors (Lipinski definition) is 1. The number of dihydropyridines is 1. The summed E-state index contributed by atoms with van der Waals surface area (Å²) >= 11 is 0.